The van der Waals surface area contributed by atoms with Gasteiger partial charge in [0.1, 0.15) is 0 Å². The van der Waals surface area contributed by atoms with Crippen LogP contribution in [0.2, 0.25) is 0 Å². The van der Waals surface area contributed by atoms with E-state index in [0.29, 0.717) is 11.3 Å². The Bertz CT molecular complexity index is 283. The van der Waals surface area contributed by atoms with E-state index in [1.54, 1.807) is 5.92 Å². The minimum atomic E-state index is 0. The van der Waals surface area contributed by atoms with E-state index in [1.807, 2.05) is 0 Å². The smallest absolute Gasteiger partial charge is 0.322 e. The summed E-state index contributed by atoms with van der Waals surface area (Å²) in [6.07, 6.45) is 4.88. The Morgan fingerprint density at radius 1 is 0.741 bits per heavy atom. The zero-order valence-electron chi connectivity index (χ0n) is 21.5. The maximum absolute atomic E-state index is 2.48. The van der Waals surface area contributed by atoms with Crippen molar-refractivity contribution in [2.45, 2.75) is 117 Å². The van der Waals surface area contributed by atoms with Crippen LogP contribution in [0.5, 0.6) is 0 Å². The summed E-state index contributed by atoms with van der Waals surface area (Å²) in [6.45, 7) is 33.7. The molecule has 0 atom stereocenters. The fourth-order valence-electron chi connectivity index (χ4n) is 2.03. The first-order chi connectivity index (χ1) is 11.1. The van der Waals surface area contributed by atoms with Crippen molar-refractivity contribution in [3.63, 3.8) is 0 Å². The second-order valence-electron chi connectivity index (χ2n) is 9.68. The third-order valence-corrected chi connectivity index (χ3v) is 5.82. The van der Waals surface area contributed by atoms with Gasteiger partial charge in [-0.05, 0) is 0 Å². The normalized spacial score (nSPS) is 11.6. The molecule has 0 spiro atoms. The molecule has 27 heavy (non-hydrogen) atoms. The zero-order valence-corrected chi connectivity index (χ0v) is 24.3. The monoisotopic (exact) mass is 454 g/mol. The van der Waals surface area contributed by atoms with E-state index in [9.17, 15) is 0 Å². The van der Waals surface area contributed by atoms with Gasteiger partial charge < -0.3 is 24.2 Å². The maximum Gasteiger partial charge on any atom is 2.00 e. The van der Waals surface area contributed by atoms with E-state index < -0.39 is 0 Å². The molecule has 0 aromatic heterocycles. The van der Waals surface area contributed by atoms with Crippen LogP contribution in [0.15, 0.2) is 0 Å². The van der Waals surface area contributed by atoms with E-state index in [0.717, 1.165) is 5.92 Å². The largest absolute Gasteiger partial charge is 2.00 e. The average molecular weight is 455 g/mol. The fourth-order valence-corrected chi connectivity index (χ4v) is 2.03. The summed E-state index contributed by atoms with van der Waals surface area (Å²) in [6, 6.07) is 0. The molecule has 0 N–H and O–H groups in total. The summed E-state index contributed by atoms with van der Waals surface area (Å²) < 4.78 is 0. The Hall–Kier alpha value is 1.17. The molecule has 0 bridgehead atoms. The minimum Gasteiger partial charge on any atom is -0.322 e. The van der Waals surface area contributed by atoms with Crippen molar-refractivity contribution in [1.29, 1.82) is 0 Å². The molecule has 0 fully saturated rings. The quantitative estimate of drug-likeness (QED) is 0.336. The van der Waals surface area contributed by atoms with Crippen molar-refractivity contribution in [2.75, 3.05) is 0 Å². The first-order valence-electron chi connectivity index (χ1n) is 10.3. The third kappa shape index (κ3) is 20.2. The van der Waals surface area contributed by atoms with Gasteiger partial charge in [0.05, 0.1) is 0 Å². The predicted molar refractivity (Wildman–Crippen MR) is 120 cm³/mol. The van der Waals surface area contributed by atoms with Crippen LogP contribution in [-0.4, -0.2) is 0 Å². The average Bonchev–Trinajstić information content (AvgIpc) is 2.45. The van der Waals surface area contributed by atoms with Gasteiger partial charge in [-0.15, -0.1) is 0 Å². The molecule has 0 rings (SSSR count). The Balaban J connectivity index is -0.000000104. The Kier molecular flexibility index (Phi) is 27.5. The van der Waals surface area contributed by atoms with E-state index in [-0.39, 0.29) is 42.5 Å². The molecule has 0 heterocycles. The summed E-state index contributed by atoms with van der Waals surface area (Å²) in [5, 5.41) is 0. The van der Waals surface area contributed by atoms with Gasteiger partial charge in [-0.2, -0.15) is 70.1 Å². The zero-order chi connectivity index (χ0) is 21.0. The standard InChI is InChI=1S/C14H28.C6H13.C5H11.2V/c1-9-12(4)14(7,8)13(5,6)10-11(2)3;1-5(2)6(3)4;1-4-5(2)3;;/h10-11H,9H2,1-8H3;5H,1-4H3;4H2,1-3H3;;/q-2;2*-1;2*+2. The van der Waals surface area contributed by atoms with Crippen molar-refractivity contribution >= 4 is 0 Å². The van der Waals surface area contributed by atoms with Crippen LogP contribution in [-0.2, 0) is 37.1 Å². The Morgan fingerprint density at radius 3 is 1.19 bits per heavy atom. The van der Waals surface area contributed by atoms with Gasteiger partial charge in [-0.25, -0.2) is 0 Å². The molecular weight excluding hydrogens is 402 g/mol. The second-order valence-corrected chi connectivity index (χ2v) is 9.68. The van der Waals surface area contributed by atoms with Crippen LogP contribution < -0.4 is 0 Å². The Morgan fingerprint density at radius 2 is 1.04 bits per heavy atom. The fraction of sp³-hybridized carbons (Fsp3) is 0.840. The number of hydrogen-bond donors (Lipinski definition) is 0. The molecule has 0 unspecified atom stereocenters. The van der Waals surface area contributed by atoms with Crippen LogP contribution >= 0.6 is 0 Å². The van der Waals surface area contributed by atoms with Gasteiger partial charge in [0.25, 0.3) is 0 Å². The molecule has 162 valence electrons. The molecule has 0 aliphatic heterocycles. The molecule has 2 radical (unpaired) electrons. The van der Waals surface area contributed by atoms with Gasteiger partial charge in [-0.3, -0.25) is 0 Å². The van der Waals surface area contributed by atoms with Crippen LogP contribution in [0.1, 0.15) is 117 Å². The predicted octanol–water partition coefficient (Wildman–Crippen LogP) is 9.17. The molecule has 0 aromatic carbocycles. The van der Waals surface area contributed by atoms with Gasteiger partial charge in [0, 0.05) is 0 Å². The summed E-state index contributed by atoms with van der Waals surface area (Å²) in [4.78, 5) is 0. The van der Waals surface area contributed by atoms with Crippen LogP contribution in [0.3, 0.4) is 0 Å². The van der Waals surface area contributed by atoms with Crippen LogP contribution in [0, 0.1) is 46.8 Å². The second kappa shape index (κ2) is 19.2. The molecule has 0 saturated heterocycles. The number of hydrogen-bond acceptors (Lipinski definition) is 0. The first kappa shape index (κ1) is 38.7. The van der Waals surface area contributed by atoms with Crippen molar-refractivity contribution in [3.05, 3.63) is 24.2 Å². The molecule has 0 aliphatic rings. The molecular formula is C25H52V2. The van der Waals surface area contributed by atoms with Crippen LogP contribution in [0.25, 0.3) is 0 Å². The molecule has 2 heteroatoms. The van der Waals surface area contributed by atoms with Crippen molar-refractivity contribution < 1.29 is 37.1 Å². The summed E-state index contributed by atoms with van der Waals surface area (Å²) in [5.74, 6) is 6.04. The SMILES string of the molecule is CC[C-](C)C.CC[C-](C)C(C)(C)C(C)(C)[CH-]C(C)C.C[C-](C)C(C)C.[V+2].[V+2]. The first-order valence-corrected chi connectivity index (χ1v) is 10.3. The third-order valence-electron chi connectivity index (χ3n) is 5.82. The molecule has 0 aromatic rings. The molecule has 0 amide bonds. The van der Waals surface area contributed by atoms with E-state index >= 15 is 0 Å². The van der Waals surface area contributed by atoms with Gasteiger partial charge in [-0.1, -0.05) is 69.2 Å². The molecule has 0 aliphatic carbocycles. The van der Waals surface area contributed by atoms with Crippen LogP contribution in [0.4, 0.5) is 0 Å². The van der Waals surface area contributed by atoms with Crippen molar-refractivity contribution in [1.82, 2.24) is 0 Å². The minimum absolute atomic E-state index is 0. The summed E-state index contributed by atoms with van der Waals surface area (Å²) >= 11 is 0. The number of rotatable bonds is 7. The van der Waals surface area contributed by atoms with E-state index in [2.05, 4.69) is 110 Å². The van der Waals surface area contributed by atoms with E-state index in [1.165, 1.54) is 24.7 Å². The van der Waals surface area contributed by atoms with Crippen molar-refractivity contribution in [2.24, 2.45) is 22.7 Å². The van der Waals surface area contributed by atoms with Gasteiger partial charge in [0.15, 0.2) is 0 Å². The molecule has 0 nitrogen and oxygen atoms in total. The van der Waals surface area contributed by atoms with Gasteiger partial charge >= 0.3 is 37.1 Å². The summed E-state index contributed by atoms with van der Waals surface area (Å²) in [5.41, 5.74) is 0.577. The van der Waals surface area contributed by atoms with E-state index in [4.69, 9.17) is 0 Å². The molecule has 0 saturated carbocycles. The Labute approximate surface area is 200 Å². The summed E-state index contributed by atoms with van der Waals surface area (Å²) in [7, 11) is 0. The topological polar surface area (TPSA) is 0 Å². The maximum atomic E-state index is 2.48. The van der Waals surface area contributed by atoms with Gasteiger partial charge in [0.2, 0.25) is 0 Å². The van der Waals surface area contributed by atoms with Crippen molar-refractivity contribution in [3.8, 4) is 0 Å².